The number of urea groups is 1. The van der Waals surface area contributed by atoms with E-state index in [1.807, 2.05) is 12.1 Å². The van der Waals surface area contributed by atoms with Gasteiger partial charge in [-0.3, -0.25) is 0 Å². The molecular formula is C16H19N3O4. The third-order valence-electron chi connectivity index (χ3n) is 3.20. The number of rotatable bonds is 6. The Labute approximate surface area is 134 Å². The molecule has 0 aliphatic heterocycles. The number of para-hydroxylation sites is 1. The number of nitrogens with one attached hydrogen (secondary N) is 2. The molecule has 7 nitrogen and oxygen atoms in total. The number of amides is 2. The summed E-state index contributed by atoms with van der Waals surface area (Å²) >= 11 is 0. The molecule has 0 atom stereocenters. The number of hydrogen-bond acceptors (Lipinski definition) is 5. The number of aliphatic hydroxyl groups is 1. The fourth-order valence-electron chi connectivity index (χ4n) is 2.11. The molecule has 122 valence electrons. The summed E-state index contributed by atoms with van der Waals surface area (Å²) in [6.07, 6.45) is 0.455. The highest BCUT2D eigenvalue weighted by molar-refractivity contribution is 6.01. The Morgan fingerprint density at radius 3 is 2.61 bits per heavy atom. The van der Waals surface area contributed by atoms with Gasteiger partial charge in [0.25, 0.3) is 0 Å². The summed E-state index contributed by atoms with van der Waals surface area (Å²) in [5.74, 6) is 5.99. The van der Waals surface area contributed by atoms with E-state index in [9.17, 15) is 4.79 Å². The van der Waals surface area contributed by atoms with Crippen LogP contribution in [0.5, 0.6) is 11.5 Å². The largest absolute Gasteiger partial charge is 0.495 e. The zero-order chi connectivity index (χ0) is 16.7. The summed E-state index contributed by atoms with van der Waals surface area (Å²) < 4.78 is 5.19. The Kier molecular flexibility index (Phi) is 5.79. The Morgan fingerprint density at radius 1 is 1.17 bits per heavy atom. The first-order valence-electron chi connectivity index (χ1n) is 6.99. The molecule has 0 heterocycles. The third-order valence-corrected chi connectivity index (χ3v) is 3.20. The monoisotopic (exact) mass is 317 g/mol. The Bertz CT molecular complexity index is 676. The van der Waals surface area contributed by atoms with Gasteiger partial charge in [-0.05, 0) is 30.2 Å². The van der Waals surface area contributed by atoms with Crippen molar-refractivity contribution in [3.63, 3.8) is 0 Å². The molecule has 0 radical (unpaired) electrons. The summed E-state index contributed by atoms with van der Waals surface area (Å²) in [7, 11) is 1.50. The number of benzene rings is 2. The maximum absolute atomic E-state index is 12.2. The van der Waals surface area contributed by atoms with Gasteiger partial charge in [0.15, 0.2) is 0 Å². The number of hydrogen-bond donors (Lipinski definition) is 4. The van der Waals surface area contributed by atoms with Crippen LogP contribution in [0.15, 0.2) is 42.5 Å². The van der Waals surface area contributed by atoms with E-state index < -0.39 is 6.03 Å². The Hall–Kier alpha value is -2.77. The first-order chi connectivity index (χ1) is 11.2. The highest BCUT2D eigenvalue weighted by Gasteiger charge is 2.11. The zero-order valence-corrected chi connectivity index (χ0v) is 12.7. The number of anilines is 2. The predicted octanol–water partition coefficient (Wildman–Crippen LogP) is 2.13. The molecule has 0 fully saturated rings. The molecule has 7 heteroatoms. The van der Waals surface area contributed by atoms with Crippen LogP contribution >= 0.6 is 0 Å². The van der Waals surface area contributed by atoms with Crippen LogP contribution in [0.2, 0.25) is 0 Å². The third kappa shape index (κ3) is 4.35. The van der Waals surface area contributed by atoms with Gasteiger partial charge in [0.2, 0.25) is 0 Å². The van der Waals surface area contributed by atoms with E-state index >= 15 is 0 Å². The number of carbonyl (C=O) groups is 1. The van der Waals surface area contributed by atoms with Crippen molar-refractivity contribution in [2.24, 2.45) is 5.90 Å². The molecule has 23 heavy (non-hydrogen) atoms. The van der Waals surface area contributed by atoms with Gasteiger partial charge in [-0.15, -0.1) is 0 Å². The van der Waals surface area contributed by atoms with Crippen LogP contribution in [0.3, 0.4) is 0 Å². The van der Waals surface area contributed by atoms with Gasteiger partial charge in [-0.2, -0.15) is 5.90 Å². The highest BCUT2D eigenvalue weighted by Crippen LogP contribution is 2.28. The second-order valence-corrected chi connectivity index (χ2v) is 4.69. The maximum atomic E-state index is 12.2. The van der Waals surface area contributed by atoms with E-state index in [0.29, 0.717) is 29.3 Å². The number of nitrogens with two attached hydrogens (primary N) is 1. The van der Waals surface area contributed by atoms with Gasteiger partial charge >= 0.3 is 6.03 Å². The van der Waals surface area contributed by atoms with Crippen molar-refractivity contribution in [2.45, 2.75) is 6.42 Å². The minimum atomic E-state index is -0.442. The van der Waals surface area contributed by atoms with Crippen LogP contribution < -0.4 is 26.1 Å². The molecular weight excluding hydrogens is 298 g/mol. The van der Waals surface area contributed by atoms with Gasteiger partial charge in [0, 0.05) is 18.4 Å². The van der Waals surface area contributed by atoms with Crippen molar-refractivity contribution in [3.05, 3.63) is 48.0 Å². The van der Waals surface area contributed by atoms with E-state index in [1.54, 1.807) is 30.3 Å². The molecule has 0 saturated carbocycles. The van der Waals surface area contributed by atoms with Crippen LogP contribution in [0.4, 0.5) is 16.2 Å². The SMILES string of the molecule is COc1ccc(ON)cc1NC(=O)Nc1ccccc1CCO. The molecule has 2 rings (SSSR count). The molecule has 0 aliphatic rings. The standard InChI is InChI=1S/C16H19N3O4/c1-22-15-7-6-12(23-17)10-14(15)19-16(21)18-13-5-3-2-4-11(13)8-9-20/h2-7,10,20H,8-9,17H2,1H3,(H2,18,19,21). The zero-order valence-electron chi connectivity index (χ0n) is 12.7. The molecule has 0 aliphatic carbocycles. The van der Waals surface area contributed by atoms with Crippen molar-refractivity contribution in [2.75, 3.05) is 24.4 Å². The van der Waals surface area contributed by atoms with Crippen molar-refractivity contribution < 1.29 is 19.5 Å². The van der Waals surface area contributed by atoms with Crippen LogP contribution in [0.1, 0.15) is 5.56 Å². The minimum Gasteiger partial charge on any atom is -0.495 e. The maximum Gasteiger partial charge on any atom is 0.323 e. The molecule has 0 saturated heterocycles. The number of methoxy groups -OCH3 is 1. The first-order valence-corrected chi connectivity index (χ1v) is 6.99. The van der Waals surface area contributed by atoms with Crippen molar-refractivity contribution in [1.29, 1.82) is 0 Å². The molecule has 0 bridgehead atoms. The fourth-order valence-corrected chi connectivity index (χ4v) is 2.11. The average molecular weight is 317 g/mol. The second kappa shape index (κ2) is 8.02. The Balaban J connectivity index is 2.14. The van der Waals surface area contributed by atoms with Gasteiger partial charge < -0.3 is 25.3 Å². The van der Waals surface area contributed by atoms with E-state index in [4.69, 9.17) is 15.7 Å². The van der Waals surface area contributed by atoms with Crippen molar-refractivity contribution in [1.82, 2.24) is 0 Å². The van der Waals surface area contributed by atoms with Crippen LogP contribution in [-0.2, 0) is 6.42 Å². The molecule has 0 aromatic heterocycles. The lowest BCUT2D eigenvalue weighted by atomic mass is 10.1. The predicted molar refractivity (Wildman–Crippen MR) is 87.7 cm³/mol. The quantitative estimate of drug-likeness (QED) is 0.611. The second-order valence-electron chi connectivity index (χ2n) is 4.69. The summed E-state index contributed by atoms with van der Waals surface area (Å²) in [5, 5.41) is 14.5. The molecule has 2 amide bonds. The van der Waals surface area contributed by atoms with Crippen LogP contribution in [0.25, 0.3) is 0 Å². The lowest BCUT2D eigenvalue weighted by molar-refractivity contribution is 0.262. The summed E-state index contributed by atoms with van der Waals surface area (Å²) in [5.41, 5.74) is 1.90. The number of carbonyl (C=O) groups excluding carboxylic acids is 1. The lowest BCUT2D eigenvalue weighted by Gasteiger charge is -2.14. The number of aliphatic hydroxyl groups excluding tert-OH is 1. The minimum absolute atomic E-state index is 0.00399. The van der Waals surface area contributed by atoms with Gasteiger partial charge in [0.1, 0.15) is 11.5 Å². The Morgan fingerprint density at radius 2 is 1.91 bits per heavy atom. The van der Waals surface area contributed by atoms with E-state index in [1.165, 1.54) is 7.11 Å². The lowest BCUT2D eigenvalue weighted by Crippen LogP contribution is -2.21. The normalized spacial score (nSPS) is 10.0. The molecule has 2 aromatic rings. The van der Waals surface area contributed by atoms with Crippen molar-refractivity contribution >= 4 is 17.4 Å². The molecule has 0 spiro atoms. The van der Waals surface area contributed by atoms with E-state index in [2.05, 4.69) is 15.5 Å². The van der Waals surface area contributed by atoms with Crippen LogP contribution in [-0.4, -0.2) is 24.9 Å². The van der Waals surface area contributed by atoms with Gasteiger partial charge in [-0.25, -0.2) is 4.79 Å². The average Bonchev–Trinajstić information content (AvgIpc) is 2.56. The molecule has 0 unspecified atom stereocenters. The molecule has 5 N–H and O–H groups in total. The van der Waals surface area contributed by atoms with Crippen LogP contribution in [0, 0.1) is 0 Å². The van der Waals surface area contributed by atoms with Gasteiger partial charge in [-0.1, -0.05) is 18.2 Å². The summed E-state index contributed by atoms with van der Waals surface area (Å²) in [6, 6.07) is 11.6. The van der Waals surface area contributed by atoms with Crippen molar-refractivity contribution in [3.8, 4) is 11.5 Å². The summed E-state index contributed by atoms with van der Waals surface area (Å²) in [6.45, 7) is 0.00399. The highest BCUT2D eigenvalue weighted by atomic mass is 16.6. The topological polar surface area (TPSA) is 106 Å². The first kappa shape index (κ1) is 16.6. The van der Waals surface area contributed by atoms with E-state index in [0.717, 1.165) is 5.56 Å². The number of ether oxygens (including phenoxy) is 1. The van der Waals surface area contributed by atoms with Gasteiger partial charge in [0.05, 0.1) is 12.8 Å². The van der Waals surface area contributed by atoms with E-state index in [-0.39, 0.29) is 6.61 Å². The fraction of sp³-hybridized carbons (Fsp3) is 0.188. The summed E-state index contributed by atoms with van der Waals surface area (Å²) in [4.78, 5) is 16.8. The molecule has 2 aromatic carbocycles. The smallest absolute Gasteiger partial charge is 0.323 e.